The number of aromatic nitrogens is 2. The zero-order chi connectivity index (χ0) is 17.8. The molecule has 0 aliphatic heterocycles. The van der Waals surface area contributed by atoms with Gasteiger partial charge in [-0.2, -0.15) is 5.10 Å². The van der Waals surface area contributed by atoms with Crippen LogP contribution in [0.3, 0.4) is 0 Å². The molecule has 0 saturated carbocycles. The summed E-state index contributed by atoms with van der Waals surface area (Å²) in [5.41, 5.74) is 5.02. The number of fused-ring (bicyclic) bond motifs is 6. The predicted octanol–water partition coefficient (Wildman–Crippen LogP) is 6.35. The Labute approximate surface area is 154 Å². The topological polar surface area (TPSA) is 38.9 Å². The quantitative estimate of drug-likeness (QED) is 0.326. The van der Waals surface area contributed by atoms with Gasteiger partial charge in [0.15, 0.2) is 0 Å². The van der Waals surface area contributed by atoms with Crippen LogP contribution in [-0.4, -0.2) is 10.2 Å². The molecule has 0 aliphatic rings. The van der Waals surface area contributed by atoms with E-state index in [-0.39, 0.29) is 0 Å². The molecule has 2 aromatic heterocycles. The van der Waals surface area contributed by atoms with Gasteiger partial charge in [0.05, 0.1) is 6.20 Å². The Kier molecular flexibility index (Phi) is 2.88. The lowest BCUT2D eigenvalue weighted by Crippen LogP contribution is -1.89. The fourth-order valence-electron chi connectivity index (χ4n) is 3.95. The van der Waals surface area contributed by atoms with Gasteiger partial charge < -0.3 is 4.42 Å². The second-order valence-electron chi connectivity index (χ2n) is 6.75. The first-order valence-corrected chi connectivity index (χ1v) is 8.93. The lowest BCUT2D eigenvalue weighted by Gasteiger charge is -2.10. The van der Waals surface area contributed by atoms with E-state index in [1.54, 1.807) is 6.20 Å². The maximum Gasteiger partial charge on any atom is 0.136 e. The Morgan fingerprint density at radius 2 is 1.48 bits per heavy atom. The van der Waals surface area contributed by atoms with E-state index in [1.807, 2.05) is 30.3 Å². The summed E-state index contributed by atoms with van der Waals surface area (Å²) in [4.78, 5) is 0. The van der Waals surface area contributed by atoms with Gasteiger partial charge in [0.1, 0.15) is 16.7 Å². The van der Waals surface area contributed by atoms with Crippen molar-refractivity contribution < 1.29 is 4.42 Å². The molecule has 3 heteroatoms. The van der Waals surface area contributed by atoms with Crippen LogP contribution in [0.2, 0.25) is 0 Å². The third kappa shape index (κ3) is 2.09. The molecular weight excluding hydrogens is 332 g/mol. The highest BCUT2D eigenvalue weighted by Crippen LogP contribution is 2.38. The van der Waals surface area contributed by atoms with Gasteiger partial charge in [0.2, 0.25) is 0 Å². The van der Waals surface area contributed by atoms with Crippen molar-refractivity contribution in [2.75, 3.05) is 0 Å². The molecule has 3 nitrogen and oxygen atoms in total. The molecule has 0 fully saturated rings. The SMILES string of the molecule is c1ccc(-c2cc3cc4c(cc3c3nnccc23)oc2ccccc24)cc1. The summed E-state index contributed by atoms with van der Waals surface area (Å²) < 4.78 is 6.08. The van der Waals surface area contributed by atoms with E-state index < -0.39 is 0 Å². The third-order valence-corrected chi connectivity index (χ3v) is 5.20. The predicted molar refractivity (Wildman–Crippen MR) is 110 cm³/mol. The summed E-state index contributed by atoms with van der Waals surface area (Å²) in [6.07, 6.45) is 1.75. The second-order valence-corrected chi connectivity index (χ2v) is 6.75. The van der Waals surface area contributed by atoms with Crippen molar-refractivity contribution in [1.82, 2.24) is 10.2 Å². The fraction of sp³-hybridized carbons (Fsp3) is 0. The average Bonchev–Trinajstić information content (AvgIpc) is 3.10. The van der Waals surface area contributed by atoms with Crippen molar-refractivity contribution in [3.8, 4) is 11.1 Å². The highest BCUT2D eigenvalue weighted by Gasteiger charge is 2.13. The van der Waals surface area contributed by atoms with Crippen LogP contribution >= 0.6 is 0 Å². The largest absolute Gasteiger partial charge is 0.456 e. The van der Waals surface area contributed by atoms with E-state index in [9.17, 15) is 0 Å². The van der Waals surface area contributed by atoms with Crippen molar-refractivity contribution >= 4 is 43.6 Å². The molecule has 0 N–H and O–H groups in total. The molecule has 0 bridgehead atoms. The highest BCUT2D eigenvalue weighted by molar-refractivity contribution is 6.17. The van der Waals surface area contributed by atoms with Gasteiger partial charge in [-0.15, -0.1) is 5.10 Å². The molecule has 0 aliphatic carbocycles. The standard InChI is InChI=1S/C24H14N2O/c1-2-6-15(7-3-1)19-12-16-13-21-17-8-4-5-9-22(17)27-23(21)14-20(16)24-18(19)10-11-25-26-24/h1-14H. The van der Waals surface area contributed by atoms with Crippen LogP contribution in [0, 0.1) is 0 Å². The van der Waals surface area contributed by atoms with Crippen molar-refractivity contribution in [1.29, 1.82) is 0 Å². The first kappa shape index (κ1) is 14.4. The van der Waals surface area contributed by atoms with E-state index in [0.717, 1.165) is 43.6 Å². The van der Waals surface area contributed by atoms with Gasteiger partial charge in [-0.3, -0.25) is 0 Å². The Hall–Kier alpha value is -3.72. The lowest BCUT2D eigenvalue weighted by molar-refractivity contribution is 0.669. The van der Waals surface area contributed by atoms with Crippen LogP contribution in [0.15, 0.2) is 89.5 Å². The summed E-state index contributed by atoms with van der Waals surface area (Å²) in [5.74, 6) is 0. The normalized spacial score (nSPS) is 11.7. The van der Waals surface area contributed by atoms with Crippen LogP contribution in [0.4, 0.5) is 0 Å². The van der Waals surface area contributed by atoms with Gasteiger partial charge in [0.25, 0.3) is 0 Å². The van der Waals surface area contributed by atoms with E-state index in [0.29, 0.717) is 0 Å². The van der Waals surface area contributed by atoms with Crippen LogP contribution < -0.4 is 0 Å². The average molecular weight is 346 g/mol. The molecule has 6 rings (SSSR count). The number of nitrogens with zero attached hydrogens (tertiary/aromatic N) is 2. The molecule has 126 valence electrons. The first-order valence-electron chi connectivity index (χ1n) is 8.93. The van der Waals surface area contributed by atoms with Gasteiger partial charge in [-0.25, -0.2) is 0 Å². The molecule has 0 unspecified atom stereocenters. The maximum absolute atomic E-state index is 6.08. The van der Waals surface area contributed by atoms with Gasteiger partial charge >= 0.3 is 0 Å². The summed E-state index contributed by atoms with van der Waals surface area (Å²) in [6, 6.07) is 27.2. The Morgan fingerprint density at radius 3 is 2.41 bits per heavy atom. The number of para-hydroxylation sites is 1. The minimum atomic E-state index is 0.878. The van der Waals surface area contributed by atoms with E-state index in [4.69, 9.17) is 4.42 Å². The molecule has 27 heavy (non-hydrogen) atoms. The minimum Gasteiger partial charge on any atom is -0.456 e. The zero-order valence-electron chi connectivity index (χ0n) is 14.4. The third-order valence-electron chi connectivity index (χ3n) is 5.20. The Morgan fingerprint density at radius 1 is 0.630 bits per heavy atom. The molecule has 0 radical (unpaired) electrons. The van der Waals surface area contributed by atoms with Crippen LogP contribution in [0.1, 0.15) is 0 Å². The van der Waals surface area contributed by atoms with Crippen LogP contribution in [-0.2, 0) is 0 Å². The summed E-state index contributed by atoms with van der Waals surface area (Å²) in [5, 5.41) is 14.2. The number of hydrogen-bond donors (Lipinski definition) is 0. The number of benzene rings is 4. The minimum absolute atomic E-state index is 0.878. The van der Waals surface area contributed by atoms with Crippen molar-refractivity contribution in [2.45, 2.75) is 0 Å². The van der Waals surface area contributed by atoms with E-state index in [1.165, 1.54) is 11.1 Å². The Balaban J connectivity index is 1.80. The molecule has 6 aromatic rings. The molecule has 0 amide bonds. The van der Waals surface area contributed by atoms with Crippen LogP contribution in [0.5, 0.6) is 0 Å². The van der Waals surface area contributed by atoms with Gasteiger partial charge in [-0.05, 0) is 46.8 Å². The molecule has 0 saturated heterocycles. The second kappa shape index (κ2) is 5.39. The lowest BCUT2D eigenvalue weighted by atomic mass is 9.95. The fourth-order valence-corrected chi connectivity index (χ4v) is 3.95. The van der Waals surface area contributed by atoms with E-state index >= 15 is 0 Å². The van der Waals surface area contributed by atoms with Crippen molar-refractivity contribution in [3.05, 3.63) is 85.1 Å². The molecular formula is C24H14N2O. The zero-order valence-corrected chi connectivity index (χ0v) is 14.4. The van der Waals surface area contributed by atoms with Gasteiger partial charge in [0, 0.05) is 21.5 Å². The highest BCUT2D eigenvalue weighted by atomic mass is 16.3. The molecule has 2 heterocycles. The van der Waals surface area contributed by atoms with Crippen LogP contribution in [0.25, 0.3) is 54.7 Å². The maximum atomic E-state index is 6.08. The molecule has 0 atom stereocenters. The summed E-state index contributed by atoms with van der Waals surface area (Å²) in [6.45, 7) is 0. The smallest absolute Gasteiger partial charge is 0.136 e. The first-order chi connectivity index (χ1) is 13.4. The summed E-state index contributed by atoms with van der Waals surface area (Å²) in [7, 11) is 0. The molecule has 4 aromatic carbocycles. The van der Waals surface area contributed by atoms with Gasteiger partial charge in [-0.1, -0.05) is 48.5 Å². The number of hydrogen-bond acceptors (Lipinski definition) is 3. The monoisotopic (exact) mass is 346 g/mol. The van der Waals surface area contributed by atoms with Crippen molar-refractivity contribution in [3.63, 3.8) is 0 Å². The number of rotatable bonds is 1. The summed E-state index contributed by atoms with van der Waals surface area (Å²) >= 11 is 0. The number of furan rings is 1. The molecule has 0 spiro atoms. The Bertz CT molecular complexity index is 1470. The van der Waals surface area contributed by atoms with E-state index in [2.05, 4.69) is 58.7 Å². The van der Waals surface area contributed by atoms with Crippen molar-refractivity contribution in [2.24, 2.45) is 0 Å².